The van der Waals surface area contributed by atoms with Gasteiger partial charge in [0, 0.05) is 5.54 Å². The fourth-order valence-corrected chi connectivity index (χ4v) is 4.31. The molecule has 2 aliphatic heterocycles. The van der Waals surface area contributed by atoms with Crippen LogP contribution in [-0.2, 0) is 23.5 Å². The molecule has 1 saturated carbocycles. The molecule has 3 aliphatic rings. The van der Waals surface area contributed by atoms with Crippen molar-refractivity contribution in [2.75, 3.05) is 20.8 Å². The fraction of sp³-hybridized carbons (Fsp3) is 0.417. The molecule has 4 rings (SSSR count). The molecule has 0 spiro atoms. The number of methoxy groups -OCH3 is 2. The molecule has 1 saturated heterocycles. The molecule has 6 heteroatoms. The predicted octanol–water partition coefficient (Wildman–Crippen LogP) is 2.94. The molecule has 2 atom stereocenters. The number of quaternary nitrogens is 1. The quantitative estimate of drug-likeness (QED) is 0.720. The normalized spacial score (nSPS) is 24.5. The molecule has 2 fully saturated rings. The van der Waals surface area contributed by atoms with Gasteiger partial charge >= 0.3 is 17.1 Å². The van der Waals surface area contributed by atoms with Crippen molar-refractivity contribution in [2.45, 2.75) is 45.7 Å². The minimum atomic E-state index is 0. The standard InChI is InChI=1S/C19H29BN2O2.C5H5.Fe/c1-14-16-13-18(24-6)17(23-5)12-15(16)8-11-21(14)20-9-7-10-22(20)19(2,3)4;1-2-4-5-3-1;/h7,9-10,12-14,22H,8,11H2,1-6H3;1-5H;/q;;+2/t14-;;/m1../s1. The maximum atomic E-state index is 5.52. The molecule has 1 aromatic rings. The minimum absolute atomic E-state index is 0. The van der Waals surface area contributed by atoms with Gasteiger partial charge in [-0.25, -0.2) is 0 Å². The summed E-state index contributed by atoms with van der Waals surface area (Å²) in [6.07, 6.45) is 15.6. The van der Waals surface area contributed by atoms with Crippen molar-refractivity contribution in [1.82, 2.24) is 4.81 Å². The van der Waals surface area contributed by atoms with Gasteiger partial charge in [0.15, 0.2) is 11.5 Å². The summed E-state index contributed by atoms with van der Waals surface area (Å²) in [6, 6.07) is 4.66. The first-order valence-corrected chi connectivity index (χ1v) is 10.4. The summed E-state index contributed by atoms with van der Waals surface area (Å²) >= 11 is 0. The van der Waals surface area contributed by atoms with Crippen LogP contribution in [0.4, 0.5) is 0 Å². The summed E-state index contributed by atoms with van der Waals surface area (Å²) in [7, 11) is 3.40. The predicted molar refractivity (Wildman–Crippen MR) is 119 cm³/mol. The Morgan fingerprint density at radius 1 is 0.967 bits per heavy atom. The Morgan fingerprint density at radius 3 is 2.07 bits per heavy atom. The molecular formula is C24H34BFeN2O2+2. The van der Waals surface area contributed by atoms with E-state index in [9.17, 15) is 0 Å². The number of ether oxygens (including phenoxy) is 2. The monoisotopic (exact) mass is 449 g/mol. The van der Waals surface area contributed by atoms with E-state index in [0.29, 0.717) is 13.0 Å². The van der Waals surface area contributed by atoms with Gasteiger partial charge in [0.05, 0.1) is 20.8 Å². The third-order valence-corrected chi connectivity index (χ3v) is 5.90. The van der Waals surface area contributed by atoms with E-state index in [-0.39, 0.29) is 22.6 Å². The molecule has 30 heavy (non-hydrogen) atoms. The number of hydrogen-bond acceptors (Lipinski definition) is 3. The van der Waals surface area contributed by atoms with Crippen LogP contribution in [0.2, 0.25) is 0 Å². The van der Waals surface area contributed by atoms with Crippen molar-refractivity contribution in [3.05, 3.63) is 74.6 Å². The molecule has 0 amide bonds. The van der Waals surface area contributed by atoms with Gasteiger partial charge in [-0.15, -0.1) is 6.32 Å². The van der Waals surface area contributed by atoms with Gasteiger partial charge in [-0.05, 0) is 108 Å². The molecule has 161 valence electrons. The summed E-state index contributed by atoms with van der Waals surface area (Å²) in [6.45, 7) is 12.9. The van der Waals surface area contributed by atoms with Crippen LogP contribution in [-0.4, -0.2) is 38.1 Å². The maximum Gasteiger partial charge on any atom is 2.00 e. The van der Waals surface area contributed by atoms with Crippen LogP contribution in [0.5, 0.6) is 11.5 Å². The second kappa shape index (κ2) is 11.3. The third kappa shape index (κ3) is 5.76. The Bertz CT molecular complexity index is 668. The van der Waals surface area contributed by atoms with Crippen molar-refractivity contribution in [1.29, 1.82) is 0 Å². The molecule has 0 aromatic heterocycles. The van der Waals surface area contributed by atoms with Crippen LogP contribution >= 0.6 is 0 Å². The van der Waals surface area contributed by atoms with Crippen LogP contribution < -0.4 is 14.3 Å². The fourth-order valence-electron chi connectivity index (χ4n) is 4.31. The SMILES string of the molecule is COc1cc2c(cc1OC)[C@@H](C)N([B-]1[CH][CH][CH][NH+]1C(C)(C)C)CC2.[CH]1[CH][CH][CH][CH]1.[Fe+2]. The Labute approximate surface area is 195 Å². The number of benzene rings is 1. The topological polar surface area (TPSA) is 26.1 Å². The van der Waals surface area contributed by atoms with Gasteiger partial charge < -0.3 is 19.1 Å². The zero-order valence-corrected chi connectivity index (χ0v) is 20.1. The molecule has 1 unspecified atom stereocenters. The van der Waals surface area contributed by atoms with Gasteiger partial charge in [0.25, 0.3) is 0 Å². The van der Waals surface area contributed by atoms with E-state index in [0.717, 1.165) is 24.5 Å². The van der Waals surface area contributed by atoms with Crippen LogP contribution in [0.25, 0.3) is 0 Å². The van der Waals surface area contributed by atoms with Gasteiger partial charge in [-0.2, -0.15) is 0 Å². The first-order chi connectivity index (χ1) is 13.9. The first kappa shape index (κ1) is 25.6. The largest absolute Gasteiger partial charge is 2.00 e. The minimum Gasteiger partial charge on any atom is -0.522 e. The molecule has 9 radical (unpaired) electrons. The number of nitrogens with zero attached hydrogens (tertiary/aromatic N) is 1. The number of rotatable bonds is 3. The Kier molecular flexibility index (Phi) is 9.61. The smallest absolute Gasteiger partial charge is 0.522 e. The molecule has 1 N–H and O–H groups in total. The van der Waals surface area contributed by atoms with E-state index >= 15 is 0 Å². The molecule has 1 aromatic carbocycles. The summed E-state index contributed by atoms with van der Waals surface area (Å²) in [4.78, 5) is 4.10. The molecular weight excluding hydrogens is 415 g/mol. The molecule has 2 heterocycles. The van der Waals surface area contributed by atoms with Crippen LogP contribution in [0, 0.1) is 51.4 Å². The van der Waals surface area contributed by atoms with E-state index in [2.05, 4.69) is 63.9 Å². The number of hydrogen-bond donors (Lipinski definition) is 1. The molecule has 4 nitrogen and oxygen atoms in total. The van der Waals surface area contributed by atoms with Gasteiger partial charge in [0.1, 0.15) is 0 Å². The van der Waals surface area contributed by atoms with E-state index in [4.69, 9.17) is 9.47 Å². The van der Waals surface area contributed by atoms with E-state index < -0.39 is 0 Å². The van der Waals surface area contributed by atoms with Crippen molar-refractivity contribution >= 4 is 6.98 Å². The van der Waals surface area contributed by atoms with E-state index in [1.165, 1.54) is 15.9 Å². The van der Waals surface area contributed by atoms with Crippen molar-refractivity contribution in [3.8, 4) is 11.5 Å². The number of fused-ring (bicyclic) bond motifs is 1. The van der Waals surface area contributed by atoms with Crippen LogP contribution in [0.15, 0.2) is 12.1 Å². The Balaban J connectivity index is 0.000000468. The summed E-state index contributed by atoms with van der Waals surface area (Å²) in [5, 5.41) is 0. The maximum absolute atomic E-state index is 5.52. The summed E-state index contributed by atoms with van der Waals surface area (Å²) in [5.41, 5.74) is 2.92. The second-order valence-corrected chi connectivity index (χ2v) is 8.73. The third-order valence-electron chi connectivity index (χ3n) is 5.90. The average Bonchev–Trinajstić information content (AvgIpc) is 3.41. The van der Waals surface area contributed by atoms with Crippen molar-refractivity contribution < 1.29 is 31.4 Å². The van der Waals surface area contributed by atoms with Gasteiger partial charge in [-0.3, -0.25) is 0 Å². The summed E-state index contributed by atoms with van der Waals surface area (Å²) in [5.74, 6) is 1.64. The zero-order chi connectivity index (χ0) is 21.0. The van der Waals surface area contributed by atoms with Crippen molar-refractivity contribution in [2.24, 2.45) is 0 Å². The average molecular weight is 449 g/mol. The Hall–Kier alpha value is -0.676. The molecule has 0 bridgehead atoms. The second-order valence-electron chi connectivity index (χ2n) is 8.73. The summed E-state index contributed by atoms with van der Waals surface area (Å²) < 4.78 is 11.0. The van der Waals surface area contributed by atoms with E-state index in [1.54, 1.807) is 14.2 Å². The zero-order valence-electron chi connectivity index (χ0n) is 19.0. The van der Waals surface area contributed by atoms with Gasteiger partial charge in [0.2, 0.25) is 6.98 Å². The first-order valence-electron chi connectivity index (χ1n) is 10.4. The Morgan fingerprint density at radius 2 is 1.53 bits per heavy atom. The van der Waals surface area contributed by atoms with Crippen LogP contribution in [0.1, 0.15) is 44.9 Å². The van der Waals surface area contributed by atoms with E-state index in [1.807, 2.05) is 32.1 Å². The molecule has 1 aliphatic carbocycles. The van der Waals surface area contributed by atoms with Gasteiger partial charge in [-0.1, -0.05) is 0 Å². The van der Waals surface area contributed by atoms with Crippen molar-refractivity contribution in [3.63, 3.8) is 0 Å². The van der Waals surface area contributed by atoms with Crippen LogP contribution in [0.3, 0.4) is 0 Å². The number of nitrogens with one attached hydrogen (secondary N) is 1.